The molecule has 1 saturated heterocycles. The smallest absolute Gasteiger partial charge is 0.131 e. The van der Waals surface area contributed by atoms with Gasteiger partial charge < -0.3 is 20.4 Å². The Morgan fingerprint density at radius 1 is 1.29 bits per heavy atom. The number of aromatic nitrogens is 1. The SMILES string of the molecule is C=C(/C=C\C1=C(C)N(C(=C)Nc2ccccn2)[C@@]2(C)CCN1C2)C(=C)NC(C)C1CC1. The number of pyridine rings is 1. The summed E-state index contributed by atoms with van der Waals surface area (Å²) in [6.07, 6.45) is 9.77. The maximum Gasteiger partial charge on any atom is 0.131 e. The van der Waals surface area contributed by atoms with E-state index in [4.69, 9.17) is 0 Å². The molecule has 164 valence electrons. The van der Waals surface area contributed by atoms with Gasteiger partial charge in [-0.2, -0.15) is 0 Å². The Morgan fingerprint density at radius 3 is 2.74 bits per heavy atom. The third kappa shape index (κ3) is 4.41. The van der Waals surface area contributed by atoms with Crippen LogP contribution in [0.15, 0.2) is 84.8 Å². The molecule has 4 rings (SSSR count). The average Bonchev–Trinajstić information content (AvgIpc) is 3.52. The molecule has 3 heterocycles. The maximum atomic E-state index is 4.39. The minimum Gasteiger partial charge on any atom is -0.382 e. The normalized spacial score (nSPS) is 23.8. The fourth-order valence-corrected chi connectivity index (χ4v) is 4.84. The Balaban J connectivity index is 1.51. The highest BCUT2D eigenvalue weighted by Crippen LogP contribution is 2.41. The maximum absolute atomic E-state index is 4.39. The van der Waals surface area contributed by atoms with E-state index in [-0.39, 0.29) is 5.54 Å². The zero-order valence-electron chi connectivity index (χ0n) is 19.1. The quantitative estimate of drug-likeness (QED) is 0.554. The highest BCUT2D eigenvalue weighted by atomic mass is 15.4. The molecule has 2 N–H and O–H groups in total. The van der Waals surface area contributed by atoms with Crippen molar-refractivity contribution in [2.75, 3.05) is 18.4 Å². The van der Waals surface area contributed by atoms with Gasteiger partial charge in [0.05, 0.1) is 11.2 Å². The largest absolute Gasteiger partial charge is 0.382 e. The lowest BCUT2D eigenvalue weighted by atomic mass is 9.96. The lowest BCUT2D eigenvalue weighted by Crippen LogP contribution is -2.51. The van der Waals surface area contributed by atoms with Crippen LogP contribution in [0, 0.1) is 5.92 Å². The van der Waals surface area contributed by atoms with Crippen LogP contribution in [0.4, 0.5) is 5.82 Å². The van der Waals surface area contributed by atoms with E-state index < -0.39 is 0 Å². The van der Waals surface area contributed by atoms with Gasteiger partial charge >= 0.3 is 0 Å². The second kappa shape index (κ2) is 8.29. The molecule has 0 amide bonds. The number of hydrogen-bond donors (Lipinski definition) is 2. The van der Waals surface area contributed by atoms with E-state index in [2.05, 4.69) is 78.1 Å². The zero-order valence-corrected chi connectivity index (χ0v) is 19.1. The number of rotatable bonds is 9. The number of nitrogens with zero attached hydrogens (tertiary/aromatic N) is 3. The number of fused-ring (bicyclic) bond motifs is 2. The van der Waals surface area contributed by atoms with Crippen molar-refractivity contribution in [1.82, 2.24) is 20.1 Å². The Labute approximate surface area is 186 Å². The molecule has 1 aliphatic carbocycles. The van der Waals surface area contributed by atoms with Gasteiger partial charge in [0.1, 0.15) is 11.6 Å². The van der Waals surface area contributed by atoms with Gasteiger partial charge in [0, 0.05) is 36.7 Å². The summed E-state index contributed by atoms with van der Waals surface area (Å²) in [6.45, 7) is 21.5. The second-order valence-corrected chi connectivity index (χ2v) is 9.37. The molecule has 0 aromatic carbocycles. The van der Waals surface area contributed by atoms with Crippen LogP contribution in [0.1, 0.15) is 40.0 Å². The van der Waals surface area contributed by atoms with Gasteiger partial charge in [0.15, 0.2) is 0 Å². The predicted octanol–water partition coefficient (Wildman–Crippen LogP) is 4.99. The lowest BCUT2D eigenvalue weighted by molar-refractivity contribution is 0.174. The minimum atomic E-state index is 0.0160. The molecular formula is C26H35N5. The van der Waals surface area contributed by atoms with Crippen molar-refractivity contribution in [3.63, 3.8) is 0 Å². The third-order valence-corrected chi connectivity index (χ3v) is 6.81. The summed E-state index contributed by atoms with van der Waals surface area (Å²) in [5.41, 5.74) is 4.26. The molecule has 0 radical (unpaired) electrons. The van der Waals surface area contributed by atoms with E-state index in [0.29, 0.717) is 6.04 Å². The highest BCUT2D eigenvalue weighted by Gasteiger charge is 2.45. The Kier molecular flexibility index (Phi) is 5.69. The summed E-state index contributed by atoms with van der Waals surface area (Å²) in [7, 11) is 0. The van der Waals surface area contributed by atoms with Gasteiger partial charge in [-0.05, 0) is 69.7 Å². The monoisotopic (exact) mass is 417 g/mol. The van der Waals surface area contributed by atoms with Crippen molar-refractivity contribution in [3.8, 4) is 0 Å². The Hall–Kier alpha value is -2.95. The summed E-state index contributed by atoms with van der Waals surface area (Å²) >= 11 is 0. The molecule has 2 aliphatic heterocycles. The first kappa shape index (κ1) is 21.3. The van der Waals surface area contributed by atoms with E-state index in [1.165, 1.54) is 24.2 Å². The molecule has 1 aromatic heterocycles. The van der Waals surface area contributed by atoms with Gasteiger partial charge in [0.2, 0.25) is 0 Å². The molecule has 5 nitrogen and oxygen atoms in total. The molecule has 3 aliphatic rings. The van der Waals surface area contributed by atoms with Crippen LogP contribution in [-0.4, -0.2) is 39.5 Å². The van der Waals surface area contributed by atoms with E-state index in [9.17, 15) is 0 Å². The standard InChI is InChI=1S/C26H35N5/c1-18(19(2)28-20(3)23-11-12-23)10-13-24-21(4)31(26(6)14-16-30(24)17-26)22(5)29-25-9-7-8-15-27-25/h7-10,13,15,20,23,28H,1-2,5,11-12,14,16-17H2,3-4,6H3,(H,27,29)/b13-10-/t20?,26-/m0/s1. The predicted molar refractivity (Wildman–Crippen MR) is 129 cm³/mol. The van der Waals surface area contributed by atoms with Gasteiger partial charge in [-0.1, -0.05) is 31.9 Å². The van der Waals surface area contributed by atoms with E-state index in [0.717, 1.165) is 48.3 Å². The van der Waals surface area contributed by atoms with E-state index >= 15 is 0 Å². The van der Waals surface area contributed by atoms with Crippen molar-refractivity contribution in [1.29, 1.82) is 0 Å². The van der Waals surface area contributed by atoms with Gasteiger partial charge in [-0.3, -0.25) is 0 Å². The lowest BCUT2D eigenvalue weighted by Gasteiger charge is -2.46. The fraction of sp³-hybridized carbons (Fsp3) is 0.423. The fourth-order valence-electron chi connectivity index (χ4n) is 4.84. The summed E-state index contributed by atoms with van der Waals surface area (Å²) in [5, 5.41) is 6.91. The van der Waals surface area contributed by atoms with Crippen LogP contribution >= 0.6 is 0 Å². The molecule has 1 saturated carbocycles. The van der Waals surface area contributed by atoms with Crippen LogP contribution in [0.25, 0.3) is 0 Å². The second-order valence-electron chi connectivity index (χ2n) is 9.37. The summed E-state index contributed by atoms with van der Waals surface area (Å²) in [5.74, 6) is 2.45. The van der Waals surface area contributed by atoms with Crippen molar-refractivity contribution in [2.45, 2.75) is 51.6 Å². The van der Waals surface area contributed by atoms with Crippen LogP contribution in [0.5, 0.6) is 0 Å². The number of anilines is 1. The zero-order chi connectivity index (χ0) is 22.2. The molecular weight excluding hydrogens is 382 g/mol. The molecule has 2 fully saturated rings. The average molecular weight is 418 g/mol. The number of allylic oxidation sites excluding steroid dienone is 3. The molecule has 2 atom stereocenters. The Bertz CT molecular complexity index is 940. The molecule has 1 aromatic rings. The summed E-state index contributed by atoms with van der Waals surface area (Å²) < 4.78 is 0. The molecule has 31 heavy (non-hydrogen) atoms. The van der Waals surface area contributed by atoms with E-state index in [1.54, 1.807) is 6.20 Å². The molecule has 1 unspecified atom stereocenters. The Morgan fingerprint density at radius 2 is 2.06 bits per heavy atom. The summed E-state index contributed by atoms with van der Waals surface area (Å²) in [4.78, 5) is 9.20. The summed E-state index contributed by atoms with van der Waals surface area (Å²) in [6, 6.07) is 6.32. The van der Waals surface area contributed by atoms with Crippen molar-refractivity contribution < 1.29 is 0 Å². The van der Waals surface area contributed by atoms with E-state index in [1.807, 2.05) is 18.2 Å². The van der Waals surface area contributed by atoms with Crippen LogP contribution in [0.2, 0.25) is 0 Å². The van der Waals surface area contributed by atoms with Crippen molar-refractivity contribution in [3.05, 3.63) is 84.8 Å². The first-order chi connectivity index (χ1) is 14.8. The van der Waals surface area contributed by atoms with Gasteiger partial charge in [0.25, 0.3) is 0 Å². The molecule has 5 heteroatoms. The minimum absolute atomic E-state index is 0.0160. The third-order valence-electron chi connectivity index (χ3n) is 6.81. The van der Waals surface area contributed by atoms with Gasteiger partial charge in [-0.15, -0.1) is 0 Å². The number of nitrogens with one attached hydrogen (secondary N) is 2. The van der Waals surface area contributed by atoms with Gasteiger partial charge in [-0.25, -0.2) is 4.98 Å². The van der Waals surface area contributed by atoms with Crippen LogP contribution in [-0.2, 0) is 0 Å². The first-order valence-corrected chi connectivity index (χ1v) is 11.2. The highest BCUT2D eigenvalue weighted by molar-refractivity contribution is 5.44. The molecule has 0 spiro atoms. The molecule has 2 bridgehead atoms. The van der Waals surface area contributed by atoms with Crippen LogP contribution < -0.4 is 10.6 Å². The van der Waals surface area contributed by atoms with Crippen LogP contribution in [0.3, 0.4) is 0 Å². The first-order valence-electron chi connectivity index (χ1n) is 11.2. The topological polar surface area (TPSA) is 43.4 Å². The van der Waals surface area contributed by atoms with Crippen molar-refractivity contribution in [2.24, 2.45) is 5.92 Å². The number of hydrogen-bond acceptors (Lipinski definition) is 5. The van der Waals surface area contributed by atoms with Crippen molar-refractivity contribution >= 4 is 5.82 Å².